The molecule has 2 unspecified atom stereocenters. The topological polar surface area (TPSA) is 93.1 Å². The second kappa shape index (κ2) is 35.0. The zero-order valence-corrected chi connectivity index (χ0v) is 24.5. The van der Waals surface area contributed by atoms with Crippen molar-refractivity contribution in [2.45, 2.75) is 142 Å². The Bertz CT molecular complexity index is 367. The van der Waals surface area contributed by atoms with Gasteiger partial charge >= 0.3 is 16.5 Å². The fourth-order valence-corrected chi connectivity index (χ4v) is 4.14. The summed E-state index contributed by atoms with van der Waals surface area (Å²) < 4.78 is 29.7. The van der Waals surface area contributed by atoms with Crippen molar-refractivity contribution in [3.05, 3.63) is 0 Å². The molecule has 0 aliphatic carbocycles. The van der Waals surface area contributed by atoms with Crippen LogP contribution in [0.15, 0.2) is 0 Å². The first-order chi connectivity index (χ1) is 15.5. The van der Waals surface area contributed by atoms with E-state index in [4.69, 9.17) is 9.79 Å². The predicted molar refractivity (Wildman–Crippen MR) is 138 cm³/mol. The van der Waals surface area contributed by atoms with E-state index in [1.54, 1.807) is 0 Å². The van der Waals surface area contributed by atoms with Gasteiger partial charge in [0.2, 0.25) is 0 Å². The van der Waals surface area contributed by atoms with Gasteiger partial charge in [-0.15, -0.1) is 0 Å². The Morgan fingerprint density at radius 3 is 0.879 bits per heavy atom. The molecule has 0 rings (SSSR count). The molecule has 2 atom stereocenters. The molecule has 6 nitrogen and oxygen atoms in total. The first-order valence-corrected chi connectivity index (χ1v) is 15.8. The number of hydrogen-bond acceptors (Lipinski definition) is 4. The molecule has 205 valence electrons. The van der Waals surface area contributed by atoms with E-state index in [1.807, 2.05) is 0 Å². The smallest absolute Gasteiger partial charge is 0.316 e. The number of hydrogen-bond donors (Lipinski definition) is 2. The maximum Gasteiger partial charge on any atom is 0.316 e. The molecule has 9 heteroatoms. The summed E-state index contributed by atoms with van der Waals surface area (Å²) in [7, 11) is -5.39. The van der Waals surface area contributed by atoms with Gasteiger partial charge in [-0.2, -0.15) is 0 Å². The van der Waals surface area contributed by atoms with Crippen LogP contribution in [0.4, 0.5) is 0 Å². The van der Waals surface area contributed by atoms with E-state index in [0.717, 1.165) is 25.7 Å². The molecule has 0 bridgehead atoms. The standard InChI is InChI=1S/2C12H27O3P.Co/c2*1-2-3-4-5-6-7-8-9-10-11-12-15-16(13)14;/h2*16H,2-12H2,1H3,(H,13,14);. The van der Waals surface area contributed by atoms with Gasteiger partial charge in [0.15, 0.2) is 0 Å². The van der Waals surface area contributed by atoms with Crippen LogP contribution in [0.1, 0.15) is 142 Å². The maximum atomic E-state index is 10.2. The largest absolute Gasteiger partial charge is 0.326 e. The van der Waals surface area contributed by atoms with Crippen LogP contribution in [0.5, 0.6) is 0 Å². The summed E-state index contributed by atoms with van der Waals surface area (Å²) in [4.78, 5) is 16.8. The average Bonchev–Trinajstić information content (AvgIpc) is 2.76. The van der Waals surface area contributed by atoms with Gasteiger partial charge in [-0.05, 0) is 12.8 Å². The molecule has 0 fully saturated rings. The van der Waals surface area contributed by atoms with E-state index in [9.17, 15) is 9.13 Å². The summed E-state index contributed by atoms with van der Waals surface area (Å²) in [5.41, 5.74) is 0. The summed E-state index contributed by atoms with van der Waals surface area (Å²) in [5, 5.41) is 0. The van der Waals surface area contributed by atoms with Crippen molar-refractivity contribution in [1.82, 2.24) is 0 Å². The van der Waals surface area contributed by atoms with E-state index in [-0.39, 0.29) is 16.8 Å². The van der Waals surface area contributed by atoms with Gasteiger partial charge in [-0.1, -0.05) is 129 Å². The molecular formula is C24H54CoO6P2. The zero-order valence-electron chi connectivity index (χ0n) is 21.4. The van der Waals surface area contributed by atoms with E-state index < -0.39 is 16.5 Å². The van der Waals surface area contributed by atoms with Gasteiger partial charge in [-0.25, -0.2) is 0 Å². The van der Waals surface area contributed by atoms with Crippen LogP contribution in [0, 0.1) is 0 Å². The summed E-state index contributed by atoms with van der Waals surface area (Å²) in [6.07, 6.45) is 25.4. The SMILES string of the molecule is CCCCCCCCCCCCO[PH](=O)O.CCCCCCCCCCCCO[PH](=O)O.[Co]. The fourth-order valence-electron chi connectivity index (χ4n) is 3.50. The first kappa shape index (κ1) is 38.3. The minimum Gasteiger partial charge on any atom is -0.326 e. The third kappa shape index (κ3) is 43.3. The zero-order chi connectivity index (χ0) is 24.1. The summed E-state index contributed by atoms with van der Waals surface area (Å²) in [6, 6.07) is 0. The third-order valence-corrected chi connectivity index (χ3v) is 6.35. The third-order valence-electron chi connectivity index (χ3n) is 5.45. The van der Waals surface area contributed by atoms with Crippen LogP contribution in [0.25, 0.3) is 0 Å². The molecule has 0 aromatic carbocycles. The summed E-state index contributed by atoms with van der Waals surface area (Å²) in [5.74, 6) is 0. The van der Waals surface area contributed by atoms with Crippen molar-refractivity contribution in [3.63, 3.8) is 0 Å². The normalized spacial score (nSPS) is 12.5. The van der Waals surface area contributed by atoms with Crippen LogP contribution in [0.2, 0.25) is 0 Å². The molecule has 0 saturated heterocycles. The molecule has 0 aliphatic rings. The fraction of sp³-hybridized carbons (Fsp3) is 1.00. The monoisotopic (exact) mass is 559 g/mol. The van der Waals surface area contributed by atoms with Gasteiger partial charge in [0.05, 0.1) is 13.2 Å². The molecule has 2 N–H and O–H groups in total. The van der Waals surface area contributed by atoms with Crippen molar-refractivity contribution >= 4 is 16.5 Å². The molecular weight excluding hydrogens is 505 g/mol. The van der Waals surface area contributed by atoms with Gasteiger partial charge in [-0.3, -0.25) is 9.13 Å². The molecule has 0 amide bonds. The minimum absolute atomic E-state index is 0. The van der Waals surface area contributed by atoms with Crippen molar-refractivity contribution < 1.29 is 44.7 Å². The number of unbranched alkanes of at least 4 members (excludes halogenated alkanes) is 18. The summed E-state index contributed by atoms with van der Waals surface area (Å²) >= 11 is 0. The number of rotatable bonds is 24. The van der Waals surface area contributed by atoms with Crippen molar-refractivity contribution in [3.8, 4) is 0 Å². The molecule has 0 aromatic heterocycles. The molecule has 0 spiro atoms. The van der Waals surface area contributed by atoms with Gasteiger partial charge in [0.25, 0.3) is 0 Å². The molecule has 0 heterocycles. The summed E-state index contributed by atoms with van der Waals surface area (Å²) in [6.45, 7) is 5.35. The van der Waals surface area contributed by atoms with Crippen molar-refractivity contribution in [2.75, 3.05) is 13.2 Å². The minimum atomic E-state index is -2.69. The average molecular weight is 560 g/mol. The van der Waals surface area contributed by atoms with E-state index in [0.29, 0.717) is 13.2 Å². The first-order valence-electron chi connectivity index (χ1n) is 13.3. The Morgan fingerprint density at radius 1 is 0.455 bits per heavy atom. The molecule has 0 saturated carbocycles. The molecule has 1 radical (unpaired) electrons. The molecule has 0 aromatic rings. The van der Waals surface area contributed by atoms with E-state index in [1.165, 1.54) is 103 Å². The van der Waals surface area contributed by atoms with Crippen molar-refractivity contribution in [2.24, 2.45) is 0 Å². The predicted octanol–water partition coefficient (Wildman–Crippen LogP) is 8.61. The Kier molecular flexibility index (Phi) is 40.6. The van der Waals surface area contributed by atoms with Crippen LogP contribution >= 0.6 is 16.5 Å². The van der Waals surface area contributed by atoms with Crippen LogP contribution in [-0.4, -0.2) is 23.0 Å². The maximum absolute atomic E-state index is 10.2. The van der Waals surface area contributed by atoms with Gasteiger partial charge < -0.3 is 18.8 Å². The van der Waals surface area contributed by atoms with E-state index in [2.05, 4.69) is 22.9 Å². The van der Waals surface area contributed by atoms with Gasteiger partial charge in [0.1, 0.15) is 0 Å². The van der Waals surface area contributed by atoms with Gasteiger partial charge in [0, 0.05) is 16.8 Å². The van der Waals surface area contributed by atoms with Crippen LogP contribution in [0.3, 0.4) is 0 Å². The van der Waals surface area contributed by atoms with Crippen molar-refractivity contribution in [1.29, 1.82) is 0 Å². The Labute approximate surface area is 216 Å². The Balaban J connectivity index is -0.000000529. The Morgan fingerprint density at radius 2 is 0.667 bits per heavy atom. The Hall–Kier alpha value is 0.806. The molecule has 33 heavy (non-hydrogen) atoms. The molecule has 0 aliphatic heterocycles. The second-order valence-electron chi connectivity index (χ2n) is 8.59. The van der Waals surface area contributed by atoms with Crippen LogP contribution < -0.4 is 0 Å². The van der Waals surface area contributed by atoms with Crippen LogP contribution in [-0.2, 0) is 35.0 Å². The quantitative estimate of drug-likeness (QED) is 0.0909. The van der Waals surface area contributed by atoms with E-state index >= 15 is 0 Å². The second-order valence-corrected chi connectivity index (χ2v) is 10.2.